The zero-order chi connectivity index (χ0) is 24.0. The van der Waals surface area contributed by atoms with Crippen molar-refractivity contribution in [3.8, 4) is 16.9 Å². The van der Waals surface area contributed by atoms with E-state index in [9.17, 15) is 22.0 Å². The van der Waals surface area contributed by atoms with Gasteiger partial charge >= 0.3 is 12.4 Å². The number of anilines is 2. The number of nitrogens with zero attached hydrogens (tertiary/aromatic N) is 5. The molecule has 5 rings (SSSR count). The molecule has 0 aliphatic carbocycles. The Morgan fingerprint density at radius 1 is 0.882 bits per heavy atom. The minimum atomic E-state index is -4.77. The maximum absolute atomic E-state index is 14.9. The van der Waals surface area contributed by atoms with Crippen LogP contribution in [0.25, 0.3) is 27.8 Å². The summed E-state index contributed by atoms with van der Waals surface area (Å²) < 4.78 is 71.2. The number of aromatic nitrogens is 4. The van der Waals surface area contributed by atoms with E-state index in [0.29, 0.717) is 16.8 Å². The predicted octanol–water partition coefficient (Wildman–Crippen LogP) is 5.89. The second-order valence-corrected chi connectivity index (χ2v) is 7.36. The van der Waals surface area contributed by atoms with Crippen LogP contribution in [0.5, 0.6) is 5.75 Å². The molecule has 0 unspecified atom stereocenters. The molecule has 0 bridgehead atoms. The van der Waals surface area contributed by atoms with Gasteiger partial charge in [0.1, 0.15) is 17.4 Å². The summed E-state index contributed by atoms with van der Waals surface area (Å²) in [5, 5.41) is 7.19. The van der Waals surface area contributed by atoms with Gasteiger partial charge in [-0.05, 0) is 47.5 Å². The summed E-state index contributed by atoms with van der Waals surface area (Å²) in [5.41, 5.74) is 2.16. The van der Waals surface area contributed by atoms with Gasteiger partial charge < -0.3 is 9.64 Å². The van der Waals surface area contributed by atoms with Crippen molar-refractivity contribution in [2.24, 2.45) is 0 Å². The molecule has 172 valence electrons. The second-order valence-electron chi connectivity index (χ2n) is 7.36. The Hall–Kier alpha value is -4.28. The quantitative estimate of drug-likeness (QED) is 0.306. The number of hydrogen-bond donors (Lipinski definition) is 0. The van der Waals surface area contributed by atoms with Crippen LogP contribution in [0.2, 0.25) is 0 Å². The van der Waals surface area contributed by atoms with Gasteiger partial charge in [-0.25, -0.2) is 8.79 Å². The monoisotopic (exact) mass is 471 g/mol. The van der Waals surface area contributed by atoms with Crippen LogP contribution in [-0.4, -0.2) is 33.0 Å². The molecule has 3 aromatic carbocycles. The molecule has 2 heterocycles. The normalized spacial score (nSPS) is 11.8. The average Bonchev–Trinajstić information content (AvgIpc) is 3.18. The highest BCUT2D eigenvalue weighted by Gasteiger charge is 2.31. The van der Waals surface area contributed by atoms with Crippen LogP contribution in [0, 0.1) is 11.9 Å². The molecule has 5 aromatic rings. The molecule has 0 amide bonds. The molecule has 0 spiro atoms. The number of ether oxygens (including phenoxy) is 1. The first-order valence-corrected chi connectivity index (χ1v) is 9.90. The van der Waals surface area contributed by atoms with Crippen molar-refractivity contribution in [2.45, 2.75) is 6.36 Å². The Balaban J connectivity index is 1.56. The third-order valence-corrected chi connectivity index (χ3v) is 5.24. The molecule has 0 aliphatic heterocycles. The Morgan fingerprint density at radius 3 is 2.35 bits per heavy atom. The van der Waals surface area contributed by atoms with E-state index >= 15 is 0 Å². The molecule has 11 heteroatoms. The van der Waals surface area contributed by atoms with Gasteiger partial charge in [0.15, 0.2) is 0 Å². The summed E-state index contributed by atoms with van der Waals surface area (Å²) in [6.07, 6.45) is -5.68. The fourth-order valence-electron chi connectivity index (χ4n) is 3.72. The zero-order valence-corrected chi connectivity index (χ0v) is 17.4. The van der Waals surface area contributed by atoms with E-state index in [4.69, 9.17) is 0 Å². The highest BCUT2D eigenvalue weighted by atomic mass is 19.4. The van der Waals surface area contributed by atoms with Crippen molar-refractivity contribution >= 4 is 28.2 Å². The van der Waals surface area contributed by atoms with Crippen molar-refractivity contribution in [1.82, 2.24) is 19.6 Å². The molecule has 0 aliphatic rings. The molecule has 0 fully saturated rings. The third kappa shape index (κ3) is 3.85. The number of rotatable bonds is 4. The lowest BCUT2D eigenvalue weighted by Gasteiger charge is -2.21. The summed E-state index contributed by atoms with van der Waals surface area (Å²) in [6, 6.07) is 16.7. The van der Waals surface area contributed by atoms with Crippen molar-refractivity contribution in [3.63, 3.8) is 0 Å². The van der Waals surface area contributed by atoms with Crippen molar-refractivity contribution < 1.29 is 26.7 Å². The lowest BCUT2D eigenvalue weighted by Crippen LogP contribution is -2.16. The first kappa shape index (κ1) is 21.6. The van der Waals surface area contributed by atoms with E-state index in [-0.39, 0.29) is 28.2 Å². The van der Waals surface area contributed by atoms with Crippen LogP contribution in [0.3, 0.4) is 0 Å². The topological polar surface area (TPSA) is 55.5 Å². The molecule has 6 nitrogen and oxygen atoms in total. The summed E-state index contributed by atoms with van der Waals surface area (Å²) >= 11 is 0. The highest BCUT2D eigenvalue weighted by molar-refractivity contribution is 5.94. The first-order chi connectivity index (χ1) is 16.2. The van der Waals surface area contributed by atoms with E-state index in [1.54, 1.807) is 36.2 Å². The molecule has 2 aromatic heterocycles. The van der Waals surface area contributed by atoms with E-state index in [1.165, 1.54) is 42.5 Å². The lowest BCUT2D eigenvalue weighted by molar-refractivity contribution is -0.274. The maximum Gasteiger partial charge on any atom is 0.573 e. The van der Waals surface area contributed by atoms with Crippen molar-refractivity contribution in [2.75, 3.05) is 11.9 Å². The molecule has 0 saturated heterocycles. The van der Waals surface area contributed by atoms with Gasteiger partial charge in [-0.2, -0.15) is 9.37 Å². The van der Waals surface area contributed by atoms with Gasteiger partial charge in [0.05, 0.1) is 10.9 Å². The minimum absolute atomic E-state index is 0.0335. The van der Waals surface area contributed by atoms with Gasteiger partial charge in [0.2, 0.25) is 0 Å². The van der Waals surface area contributed by atoms with Gasteiger partial charge in [-0.15, -0.1) is 18.3 Å². The molecule has 0 saturated carbocycles. The van der Waals surface area contributed by atoms with Crippen LogP contribution in [0.15, 0.2) is 66.7 Å². The van der Waals surface area contributed by atoms with Crippen molar-refractivity contribution in [1.29, 1.82) is 0 Å². The zero-order valence-electron chi connectivity index (χ0n) is 17.4. The number of halogens is 5. The molecule has 0 atom stereocenters. The lowest BCUT2D eigenvalue weighted by atomic mass is 10.0. The average molecular weight is 471 g/mol. The molecular formula is C23H14F5N5O. The largest absolute Gasteiger partial charge is 0.573 e. The minimum Gasteiger partial charge on any atom is -0.406 e. The maximum atomic E-state index is 14.9. The molecule has 0 radical (unpaired) electrons. The SMILES string of the molecule is CN(c1cccc(-c2ccc(OC(F)(F)F)cc2)c1)c1nc2nnc(F)n2c2cccc(F)c12. The van der Waals surface area contributed by atoms with Gasteiger partial charge in [-0.3, -0.25) is 0 Å². The van der Waals surface area contributed by atoms with Crippen LogP contribution in [0.1, 0.15) is 0 Å². The standard InChI is InChI=1S/C23H14F5N5O/c1-32(20-19-17(24)6-3-7-18(19)33-21(25)30-31-22(33)29-20)15-5-2-4-14(12-15)13-8-10-16(11-9-13)34-23(26,27)28/h2-12H,1H3. The van der Waals surface area contributed by atoms with Crippen LogP contribution < -0.4 is 9.64 Å². The number of hydrogen-bond acceptors (Lipinski definition) is 5. The first-order valence-electron chi connectivity index (χ1n) is 9.90. The Morgan fingerprint density at radius 2 is 1.62 bits per heavy atom. The summed E-state index contributed by atoms with van der Waals surface area (Å²) in [7, 11) is 1.66. The van der Waals surface area contributed by atoms with E-state index in [2.05, 4.69) is 19.9 Å². The smallest absolute Gasteiger partial charge is 0.406 e. The van der Waals surface area contributed by atoms with Crippen molar-refractivity contribution in [3.05, 3.63) is 78.6 Å². The highest BCUT2D eigenvalue weighted by Crippen LogP contribution is 2.34. The number of benzene rings is 3. The van der Waals surface area contributed by atoms with E-state index in [1.807, 2.05) is 0 Å². The molecular weight excluding hydrogens is 457 g/mol. The molecule has 0 N–H and O–H groups in total. The molecule has 34 heavy (non-hydrogen) atoms. The summed E-state index contributed by atoms with van der Waals surface area (Å²) in [4.78, 5) is 5.94. The van der Waals surface area contributed by atoms with Gasteiger partial charge in [0, 0.05) is 12.7 Å². The fourth-order valence-corrected chi connectivity index (χ4v) is 3.72. The summed E-state index contributed by atoms with van der Waals surface area (Å²) in [5.74, 6) is -0.768. The number of alkyl halides is 3. The second kappa shape index (κ2) is 7.94. The fraction of sp³-hybridized carbons (Fsp3) is 0.0870. The third-order valence-electron chi connectivity index (χ3n) is 5.24. The Labute approximate surface area is 188 Å². The Bertz CT molecular complexity index is 1510. The predicted molar refractivity (Wildman–Crippen MR) is 115 cm³/mol. The van der Waals surface area contributed by atoms with E-state index < -0.39 is 18.3 Å². The number of fused-ring (bicyclic) bond motifs is 3. The van der Waals surface area contributed by atoms with Crippen LogP contribution in [0.4, 0.5) is 33.5 Å². The Kier molecular flexibility index (Phi) is 5.03. The van der Waals surface area contributed by atoms with Crippen LogP contribution >= 0.6 is 0 Å². The summed E-state index contributed by atoms with van der Waals surface area (Å²) in [6.45, 7) is 0. The van der Waals surface area contributed by atoms with Gasteiger partial charge in [0.25, 0.3) is 5.78 Å². The van der Waals surface area contributed by atoms with Gasteiger partial charge in [-0.1, -0.05) is 35.4 Å². The van der Waals surface area contributed by atoms with E-state index in [0.717, 1.165) is 4.40 Å². The van der Waals surface area contributed by atoms with Crippen LogP contribution in [-0.2, 0) is 0 Å².